The monoisotopic (exact) mass is 379 g/mol. The number of benzene rings is 1. The molecule has 28 heavy (non-hydrogen) atoms. The number of rotatable bonds is 7. The van der Waals surface area contributed by atoms with E-state index >= 15 is 0 Å². The predicted molar refractivity (Wildman–Crippen MR) is 117 cm³/mol. The molecular formula is C24H33N3O. The van der Waals surface area contributed by atoms with E-state index in [0.717, 1.165) is 30.4 Å². The number of nitrogens with one attached hydrogen (secondary N) is 1. The van der Waals surface area contributed by atoms with Gasteiger partial charge in [-0.05, 0) is 24.5 Å². The Hall–Kier alpha value is -2.04. The number of hydrogen-bond acceptors (Lipinski definition) is 4. The molecule has 4 heteroatoms. The Labute approximate surface area is 169 Å². The highest BCUT2D eigenvalue weighted by Gasteiger charge is 2.55. The molecule has 4 nitrogen and oxygen atoms in total. The van der Waals surface area contributed by atoms with Crippen molar-refractivity contribution >= 4 is 5.69 Å². The molecule has 1 aromatic carbocycles. The average Bonchev–Trinajstić information content (AvgIpc) is 3.46. The summed E-state index contributed by atoms with van der Waals surface area (Å²) in [6.07, 6.45) is 14.5. The van der Waals surface area contributed by atoms with Crippen LogP contribution in [0.15, 0.2) is 60.7 Å². The van der Waals surface area contributed by atoms with Crippen LogP contribution >= 0.6 is 0 Å². The van der Waals surface area contributed by atoms with Crippen molar-refractivity contribution in [3.8, 4) is 5.75 Å². The van der Waals surface area contributed by atoms with Gasteiger partial charge in [-0.2, -0.15) is 0 Å². The van der Waals surface area contributed by atoms with Crippen molar-refractivity contribution in [2.45, 2.75) is 18.9 Å². The van der Waals surface area contributed by atoms with E-state index in [-0.39, 0.29) is 0 Å². The molecule has 1 N–H and O–H groups in total. The van der Waals surface area contributed by atoms with Crippen LogP contribution in [0, 0.1) is 11.8 Å². The molecular weight excluding hydrogens is 346 g/mol. The summed E-state index contributed by atoms with van der Waals surface area (Å²) in [6, 6.07) is 8.26. The number of anilines is 1. The third-order valence-corrected chi connectivity index (χ3v) is 6.61. The minimum Gasteiger partial charge on any atom is -0.497 e. The van der Waals surface area contributed by atoms with E-state index in [4.69, 9.17) is 4.74 Å². The Bertz CT molecular complexity index is 732. The van der Waals surface area contributed by atoms with Crippen molar-refractivity contribution in [1.82, 2.24) is 9.80 Å². The highest BCUT2D eigenvalue weighted by molar-refractivity contribution is 5.49. The molecule has 2 unspecified atom stereocenters. The minimum atomic E-state index is 0.321. The Balaban J connectivity index is 1.30. The van der Waals surface area contributed by atoms with Gasteiger partial charge in [0.15, 0.2) is 0 Å². The van der Waals surface area contributed by atoms with Crippen molar-refractivity contribution in [3.63, 3.8) is 0 Å². The van der Waals surface area contributed by atoms with E-state index < -0.39 is 0 Å². The molecule has 0 bridgehead atoms. The maximum atomic E-state index is 5.35. The summed E-state index contributed by atoms with van der Waals surface area (Å²) in [4.78, 5) is 5.36. The molecule has 1 heterocycles. The molecule has 1 saturated heterocycles. The van der Waals surface area contributed by atoms with E-state index in [0.29, 0.717) is 11.5 Å². The lowest BCUT2D eigenvalue weighted by molar-refractivity contribution is 0.0807. The maximum Gasteiger partial charge on any atom is 0.120 e. The molecule has 150 valence electrons. The number of allylic oxidation sites excluding steroid dienone is 4. The van der Waals surface area contributed by atoms with E-state index in [1.54, 1.807) is 7.11 Å². The van der Waals surface area contributed by atoms with Crippen LogP contribution in [0.5, 0.6) is 5.75 Å². The second kappa shape index (κ2) is 8.54. The fourth-order valence-electron chi connectivity index (χ4n) is 4.66. The first-order valence-corrected chi connectivity index (χ1v) is 10.6. The van der Waals surface area contributed by atoms with Crippen LogP contribution in [0.4, 0.5) is 5.69 Å². The van der Waals surface area contributed by atoms with Crippen molar-refractivity contribution in [2.24, 2.45) is 11.8 Å². The molecule has 0 spiro atoms. The molecule has 0 amide bonds. The molecule has 2 atom stereocenters. The zero-order valence-electron chi connectivity index (χ0n) is 17.2. The highest BCUT2D eigenvalue weighted by atomic mass is 16.5. The predicted octanol–water partition coefficient (Wildman–Crippen LogP) is 3.80. The van der Waals surface area contributed by atoms with Crippen LogP contribution in [0.3, 0.4) is 0 Å². The van der Waals surface area contributed by atoms with E-state index in [1.165, 1.54) is 32.6 Å². The van der Waals surface area contributed by atoms with Crippen LogP contribution in [-0.2, 0) is 0 Å². The number of nitrogens with zero attached hydrogens (tertiary/aromatic N) is 2. The third-order valence-electron chi connectivity index (χ3n) is 6.61. The molecule has 3 aliphatic rings. The first kappa shape index (κ1) is 19.3. The summed E-state index contributed by atoms with van der Waals surface area (Å²) in [7, 11) is 1.72. The third kappa shape index (κ3) is 4.34. The lowest BCUT2D eigenvalue weighted by Gasteiger charge is -2.41. The highest BCUT2D eigenvalue weighted by Crippen LogP contribution is 2.48. The number of methoxy groups -OCH3 is 1. The largest absolute Gasteiger partial charge is 0.497 e. The summed E-state index contributed by atoms with van der Waals surface area (Å²) >= 11 is 0. The van der Waals surface area contributed by atoms with Crippen molar-refractivity contribution in [1.29, 1.82) is 0 Å². The minimum absolute atomic E-state index is 0.321. The fourth-order valence-corrected chi connectivity index (χ4v) is 4.66. The molecule has 2 aliphatic carbocycles. The smallest absolute Gasteiger partial charge is 0.120 e. The summed E-state index contributed by atoms with van der Waals surface area (Å²) < 4.78 is 5.35. The van der Waals surface area contributed by atoms with Crippen molar-refractivity contribution in [2.75, 3.05) is 51.7 Å². The van der Waals surface area contributed by atoms with Gasteiger partial charge in [-0.15, -0.1) is 0 Å². The van der Waals surface area contributed by atoms with E-state index in [2.05, 4.69) is 76.7 Å². The summed E-state index contributed by atoms with van der Waals surface area (Å²) in [5.41, 5.74) is 1.47. The van der Waals surface area contributed by atoms with Gasteiger partial charge in [0.1, 0.15) is 5.75 Å². The van der Waals surface area contributed by atoms with Crippen molar-refractivity contribution in [3.05, 3.63) is 60.7 Å². The fraction of sp³-hybridized carbons (Fsp3) is 0.500. The molecule has 2 fully saturated rings. The quantitative estimate of drug-likeness (QED) is 0.780. The lowest BCUT2D eigenvalue weighted by Crippen LogP contribution is -2.54. The summed E-state index contributed by atoms with van der Waals surface area (Å²) in [5.74, 6) is 2.20. The van der Waals surface area contributed by atoms with E-state index in [9.17, 15) is 0 Å². The normalized spacial score (nSPS) is 28.3. The van der Waals surface area contributed by atoms with Crippen LogP contribution < -0.4 is 10.1 Å². The van der Waals surface area contributed by atoms with Gasteiger partial charge in [-0.3, -0.25) is 9.80 Å². The summed E-state index contributed by atoms with van der Waals surface area (Å²) in [6.45, 7) is 9.21. The molecule has 0 aromatic heterocycles. The van der Waals surface area contributed by atoms with Crippen LogP contribution in [0.25, 0.3) is 0 Å². The maximum absolute atomic E-state index is 5.35. The van der Waals surface area contributed by atoms with Gasteiger partial charge < -0.3 is 10.1 Å². The van der Waals surface area contributed by atoms with E-state index in [1.807, 2.05) is 6.07 Å². The SMILES string of the molecule is COc1cccc(NCC2(N3CCN(CC4C=CC=CC=C4)CC3)CC2C)c1. The van der Waals surface area contributed by atoms with Crippen LogP contribution in [0.2, 0.25) is 0 Å². The molecule has 1 saturated carbocycles. The van der Waals surface area contributed by atoms with Gasteiger partial charge in [0.05, 0.1) is 7.11 Å². The summed E-state index contributed by atoms with van der Waals surface area (Å²) in [5, 5.41) is 3.67. The Kier molecular flexibility index (Phi) is 5.88. The second-order valence-electron chi connectivity index (χ2n) is 8.40. The molecule has 4 rings (SSSR count). The molecule has 1 aromatic rings. The van der Waals surface area contributed by atoms with Gasteiger partial charge in [-0.1, -0.05) is 49.4 Å². The van der Waals surface area contributed by atoms with Crippen molar-refractivity contribution < 1.29 is 4.74 Å². The van der Waals surface area contributed by atoms with Gasteiger partial charge >= 0.3 is 0 Å². The van der Waals surface area contributed by atoms with Gasteiger partial charge in [-0.25, -0.2) is 0 Å². The molecule has 0 radical (unpaired) electrons. The first-order chi connectivity index (χ1) is 13.7. The number of piperazine rings is 1. The Morgan fingerprint density at radius 1 is 1.07 bits per heavy atom. The number of hydrogen-bond donors (Lipinski definition) is 1. The standard InChI is InChI=1S/C24H33N3O/c1-20-17-24(20,19-25-22-10-7-11-23(16-22)28-2)27-14-12-26(13-15-27)18-21-8-5-3-4-6-9-21/h3-11,16,20-21,25H,12-15,17-19H2,1-2H3. The molecule has 1 aliphatic heterocycles. The first-order valence-electron chi connectivity index (χ1n) is 10.6. The van der Waals surface area contributed by atoms with Gasteiger partial charge in [0.2, 0.25) is 0 Å². The van der Waals surface area contributed by atoms with Crippen LogP contribution in [-0.4, -0.2) is 61.7 Å². The van der Waals surface area contributed by atoms with Gasteiger partial charge in [0.25, 0.3) is 0 Å². The lowest BCUT2D eigenvalue weighted by atomic mass is 10.1. The van der Waals surface area contributed by atoms with Gasteiger partial charge in [0, 0.05) is 62.5 Å². The zero-order valence-corrected chi connectivity index (χ0v) is 17.2. The van der Waals surface area contributed by atoms with Crippen LogP contribution in [0.1, 0.15) is 13.3 Å². The topological polar surface area (TPSA) is 27.7 Å². The Morgan fingerprint density at radius 3 is 2.43 bits per heavy atom. The Morgan fingerprint density at radius 2 is 1.79 bits per heavy atom. The second-order valence-corrected chi connectivity index (χ2v) is 8.40. The number of ether oxygens (including phenoxy) is 1. The average molecular weight is 380 g/mol. The zero-order chi connectivity index (χ0) is 19.4.